The second-order valence-corrected chi connectivity index (χ2v) is 7.92. The van der Waals surface area contributed by atoms with Gasteiger partial charge >= 0.3 is 0 Å². The summed E-state index contributed by atoms with van der Waals surface area (Å²) in [5.74, 6) is 0.618. The Kier molecular flexibility index (Phi) is 5.12. The van der Waals surface area contributed by atoms with Crippen LogP contribution in [0.2, 0.25) is 0 Å². The highest BCUT2D eigenvalue weighted by molar-refractivity contribution is 8.00. The lowest BCUT2D eigenvalue weighted by molar-refractivity contribution is -0.115. The molecule has 2 N–H and O–H groups in total. The Labute approximate surface area is 167 Å². The zero-order valence-corrected chi connectivity index (χ0v) is 16.5. The van der Waals surface area contributed by atoms with Gasteiger partial charge < -0.3 is 5.32 Å². The van der Waals surface area contributed by atoms with Crippen molar-refractivity contribution < 1.29 is 4.79 Å². The number of fused-ring (bicyclic) bond motifs is 1. The molecule has 0 aliphatic rings. The second-order valence-electron chi connectivity index (χ2n) is 6.61. The number of anilines is 1. The van der Waals surface area contributed by atoms with Crippen LogP contribution in [-0.4, -0.2) is 26.3 Å². The molecule has 0 aliphatic carbocycles. The number of H-pyrrole nitrogens is 1. The third-order valence-electron chi connectivity index (χ3n) is 4.49. The molecular weight excluding hydrogens is 368 g/mol. The predicted molar refractivity (Wildman–Crippen MR) is 114 cm³/mol. The van der Waals surface area contributed by atoms with E-state index in [1.165, 1.54) is 17.3 Å². The molecule has 28 heavy (non-hydrogen) atoms. The molecule has 1 aromatic heterocycles. The fourth-order valence-corrected chi connectivity index (χ4v) is 3.64. The van der Waals surface area contributed by atoms with Gasteiger partial charge in [0.05, 0.1) is 5.25 Å². The summed E-state index contributed by atoms with van der Waals surface area (Å²) in [5, 5.41) is 12.5. The molecule has 0 spiro atoms. The van der Waals surface area contributed by atoms with Crippen molar-refractivity contribution in [3.63, 3.8) is 0 Å². The van der Waals surface area contributed by atoms with Crippen LogP contribution >= 0.6 is 11.8 Å². The lowest BCUT2D eigenvalue weighted by Crippen LogP contribution is -2.22. The van der Waals surface area contributed by atoms with Gasteiger partial charge in [-0.25, -0.2) is 4.98 Å². The van der Waals surface area contributed by atoms with E-state index >= 15 is 0 Å². The van der Waals surface area contributed by atoms with E-state index in [1.54, 1.807) is 0 Å². The smallest absolute Gasteiger partial charge is 0.237 e. The molecule has 0 fully saturated rings. The van der Waals surface area contributed by atoms with Crippen LogP contribution in [0.25, 0.3) is 22.2 Å². The first-order valence-electron chi connectivity index (χ1n) is 9.05. The van der Waals surface area contributed by atoms with E-state index in [2.05, 4.69) is 20.5 Å². The predicted octanol–water partition coefficient (Wildman–Crippen LogP) is 5.05. The molecule has 4 rings (SSSR count). The molecule has 5 nitrogen and oxygen atoms in total. The van der Waals surface area contributed by atoms with Crippen molar-refractivity contribution in [3.8, 4) is 11.4 Å². The summed E-state index contributed by atoms with van der Waals surface area (Å²) in [6, 6.07) is 22.0. The highest BCUT2D eigenvalue weighted by atomic mass is 32.2. The standard InChI is InChI=1S/C22H20N4OS/c1-14-10-12-17(13-11-14)20-24-22(26-25-20)28-15(2)21(27)23-19-9-5-7-16-6-3-4-8-18(16)19/h3-13,15H,1-2H3,(H,23,27)(H,24,25,26). The number of aromatic amines is 1. The molecule has 140 valence electrons. The van der Waals surface area contributed by atoms with Gasteiger partial charge in [0.25, 0.3) is 0 Å². The maximum Gasteiger partial charge on any atom is 0.237 e. The van der Waals surface area contributed by atoms with Crippen molar-refractivity contribution in [1.29, 1.82) is 0 Å². The normalized spacial score (nSPS) is 12.1. The zero-order chi connectivity index (χ0) is 19.5. The van der Waals surface area contributed by atoms with E-state index in [0.29, 0.717) is 11.0 Å². The number of aryl methyl sites for hydroxylation is 1. The van der Waals surface area contributed by atoms with Gasteiger partial charge in [0.1, 0.15) is 0 Å². The van der Waals surface area contributed by atoms with Crippen LogP contribution in [0.1, 0.15) is 12.5 Å². The molecule has 4 aromatic rings. The molecule has 1 unspecified atom stereocenters. The molecule has 1 atom stereocenters. The number of rotatable bonds is 5. The number of thioether (sulfide) groups is 1. The molecule has 0 saturated heterocycles. The zero-order valence-electron chi connectivity index (χ0n) is 15.6. The topological polar surface area (TPSA) is 70.7 Å². The van der Waals surface area contributed by atoms with Crippen molar-refractivity contribution in [2.75, 3.05) is 5.32 Å². The first kappa shape index (κ1) is 18.3. The Morgan fingerprint density at radius 1 is 1.04 bits per heavy atom. The van der Waals surface area contributed by atoms with E-state index in [1.807, 2.05) is 80.6 Å². The summed E-state index contributed by atoms with van der Waals surface area (Å²) in [6.07, 6.45) is 0. The summed E-state index contributed by atoms with van der Waals surface area (Å²) < 4.78 is 0. The van der Waals surface area contributed by atoms with Crippen LogP contribution < -0.4 is 5.32 Å². The maximum atomic E-state index is 12.7. The Bertz CT molecular complexity index is 1120. The molecule has 0 saturated carbocycles. The molecule has 0 bridgehead atoms. The fourth-order valence-electron chi connectivity index (χ4n) is 2.92. The van der Waals surface area contributed by atoms with Gasteiger partial charge in [-0.3, -0.25) is 9.89 Å². The number of nitrogens with one attached hydrogen (secondary N) is 2. The number of benzene rings is 3. The monoisotopic (exact) mass is 388 g/mol. The van der Waals surface area contributed by atoms with E-state index in [9.17, 15) is 4.79 Å². The lowest BCUT2D eigenvalue weighted by Gasteiger charge is -2.12. The Balaban J connectivity index is 1.45. The minimum atomic E-state index is -0.333. The van der Waals surface area contributed by atoms with Crippen LogP contribution in [0.4, 0.5) is 5.69 Å². The third-order valence-corrected chi connectivity index (χ3v) is 5.45. The maximum absolute atomic E-state index is 12.7. The second kappa shape index (κ2) is 7.86. The van der Waals surface area contributed by atoms with Gasteiger partial charge in [-0.1, -0.05) is 78.0 Å². The van der Waals surface area contributed by atoms with Crippen molar-refractivity contribution >= 4 is 34.1 Å². The van der Waals surface area contributed by atoms with Crippen LogP contribution in [0, 0.1) is 6.92 Å². The first-order valence-corrected chi connectivity index (χ1v) is 9.93. The van der Waals surface area contributed by atoms with E-state index in [-0.39, 0.29) is 11.2 Å². The number of carbonyl (C=O) groups is 1. The Morgan fingerprint density at radius 2 is 1.79 bits per heavy atom. The largest absolute Gasteiger partial charge is 0.325 e. The van der Waals surface area contributed by atoms with E-state index < -0.39 is 0 Å². The average Bonchev–Trinajstić information content (AvgIpc) is 3.17. The van der Waals surface area contributed by atoms with E-state index in [4.69, 9.17) is 0 Å². The molecule has 0 aliphatic heterocycles. The Morgan fingerprint density at radius 3 is 2.61 bits per heavy atom. The molecule has 1 heterocycles. The fraction of sp³-hybridized carbons (Fsp3) is 0.136. The van der Waals surface area contributed by atoms with Crippen molar-refractivity contribution in [2.24, 2.45) is 0 Å². The van der Waals surface area contributed by atoms with Gasteiger partial charge in [-0.05, 0) is 25.3 Å². The summed E-state index contributed by atoms with van der Waals surface area (Å²) in [6.45, 7) is 3.90. The van der Waals surface area contributed by atoms with Crippen LogP contribution in [0.5, 0.6) is 0 Å². The molecule has 3 aromatic carbocycles. The highest BCUT2D eigenvalue weighted by Crippen LogP contribution is 2.26. The minimum absolute atomic E-state index is 0.0805. The van der Waals surface area contributed by atoms with Gasteiger partial charge in [0.15, 0.2) is 5.82 Å². The summed E-state index contributed by atoms with van der Waals surface area (Å²) in [5.41, 5.74) is 2.97. The number of hydrogen-bond acceptors (Lipinski definition) is 4. The van der Waals surface area contributed by atoms with Crippen LogP contribution in [0.15, 0.2) is 71.9 Å². The number of amides is 1. The van der Waals surface area contributed by atoms with Crippen molar-refractivity contribution in [2.45, 2.75) is 24.3 Å². The summed E-state index contributed by atoms with van der Waals surface area (Å²) in [7, 11) is 0. The van der Waals surface area contributed by atoms with E-state index in [0.717, 1.165) is 22.0 Å². The third kappa shape index (κ3) is 3.92. The van der Waals surface area contributed by atoms with Gasteiger partial charge in [-0.2, -0.15) is 0 Å². The SMILES string of the molecule is Cc1ccc(-c2nc(SC(C)C(=O)Nc3cccc4ccccc34)n[nH]2)cc1. The summed E-state index contributed by atoms with van der Waals surface area (Å²) in [4.78, 5) is 17.2. The van der Waals surface area contributed by atoms with Gasteiger partial charge in [0, 0.05) is 16.6 Å². The number of hydrogen-bond donors (Lipinski definition) is 2. The number of carbonyl (C=O) groups excluding carboxylic acids is 1. The van der Waals surface area contributed by atoms with Gasteiger partial charge in [-0.15, -0.1) is 5.10 Å². The van der Waals surface area contributed by atoms with Crippen LogP contribution in [-0.2, 0) is 4.79 Å². The van der Waals surface area contributed by atoms with Crippen molar-refractivity contribution in [1.82, 2.24) is 15.2 Å². The number of nitrogens with zero attached hydrogens (tertiary/aromatic N) is 2. The molecule has 6 heteroatoms. The Hall–Kier alpha value is -3.12. The molecule has 1 amide bonds. The van der Waals surface area contributed by atoms with Crippen LogP contribution in [0.3, 0.4) is 0 Å². The lowest BCUT2D eigenvalue weighted by atomic mass is 10.1. The van der Waals surface area contributed by atoms with Crippen molar-refractivity contribution in [3.05, 3.63) is 72.3 Å². The average molecular weight is 388 g/mol. The van der Waals surface area contributed by atoms with Gasteiger partial charge in [0.2, 0.25) is 11.1 Å². The summed E-state index contributed by atoms with van der Waals surface area (Å²) >= 11 is 1.33. The quantitative estimate of drug-likeness (QED) is 0.469. The minimum Gasteiger partial charge on any atom is -0.325 e. The highest BCUT2D eigenvalue weighted by Gasteiger charge is 2.18. The molecule has 0 radical (unpaired) electrons. The first-order chi connectivity index (χ1) is 13.6. The number of aromatic nitrogens is 3. The molecular formula is C22H20N4OS.